The second kappa shape index (κ2) is 10.5. The highest BCUT2D eigenvalue weighted by Gasteiger charge is 2.31. The molecule has 1 saturated carbocycles. The number of thiophene rings is 1. The number of thiazole rings is 1. The summed E-state index contributed by atoms with van der Waals surface area (Å²) in [6.07, 6.45) is 3.76. The van der Waals surface area contributed by atoms with Gasteiger partial charge in [-0.05, 0) is 62.3 Å². The minimum absolute atomic E-state index is 0.0151. The van der Waals surface area contributed by atoms with Crippen LogP contribution in [-0.2, 0) is 4.79 Å². The highest BCUT2D eigenvalue weighted by molar-refractivity contribution is 7.18. The van der Waals surface area contributed by atoms with Crippen LogP contribution in [0.3, 0.4) is 0 Å². The van der Waals surface area contributed by atoms with Gasteiger partial charge in [0.15, 0.2) is 0 Å². The number of carbonyl (C=O) groups excluding carboxylic acids is 2. The number of nitrogens with one attached hydrogen (secondary N) is 1. The van der Waals surface area contributed by atoms with Crippen LogP contribution in [0.15, 0.2) is 41.2 Å². The first kappa shape index (κ1) is 24.1. The molecular formula is C25H27N3O4S2. The second-order valence-corrected chi connectivity index (χ2v) is 10.3. The van der Waals surface area contributed by atoms with Crippen LogP contribution in [0.1, 0.15) is 59.7 Å². The predicted octanol–water partition coefficient (Wildman–Crippen LogP) is 6.00. The summed E-state index contributed by atoms with van der Waals surface area (Å²) in [5, 5.41) is 14.3. The third-order valence-corrected chi connectivity index (χ3v) is 7.98. The zero-order chi connectivity index (χ0) is 24.2. The number of aromatic nitrogens is 1. The van der Waals surface area contributed by atoms with Gasteiger partial charge in [0.05, 0.1) is 11.2 Å². The minimum Gasteiger partial charge on any atom is -0.477 e. The van der Waals surface area contributed by atoms with E-state index in [2.05, 4.69) is 17.2 Å². The molecule has 0 saturated heterocycles. The fraction of sp³-hybridized carbons (Fsp3) is 0.360. The van der Waals surface area contributed by atoms with E-state index < -0.39 is 5.97 Å². The average Bonchev–Trinajstić information content (AvgIpc) is 3.51. The lowest BCUT2D eigenvalue weighted by Gasteiger charge is -2.30. The van der Waals surface area contributed by atoms with Crippen LogP contribution >= 0.6 is 22.7 Å². The molecule has 34 heavy (non-hydrogen) atoms. The first-order chi connectivity index (χ1) is 16.4. The molecule has 9 heteroatoms. The van der Waals surface area contributed by atoms with E-state index >= 15 is 0 Å². The molecule has 1 aromatic carbocycles. The summed E-state index contributed by atoms with van der Waals surface area (Å²) >= 11 is 2.51. The van der Waals surface area contributed by atoms with Gasteiger partial charge in [-0.2, -0.15) is 0 Å². The van der Waals surface area contributed by atoms with Crippen LogP contribution in [0, 0.1) is 11.8 Å². The van der Waals surface area contributed by atoms with Crippen LogP contribution in [0.4, 0.5) is 11.4 Å². The summed E-state index contributed by atoms with van der Waals surface area (Å²) < 4.78 is 0. The number of hydrogen-bond acceptors (Lipinski definition) is 6. The van der Waals surface area contributed by atoms with E-state index in [-0.39, 0.29) is 22.6 Å². The summed E-state index contributed by atoms with van der Waals surface area (Å²) in [5.74, 6) is -0.726. The van der Waals surface area contributed by atoms with Gasteiger partial charge >= 0.3 is 5.97 Å². The van der Waals surface area contributed by atoms with Crippen molar-refractivity contribution in [2.24, 2.45) is 11.8 Å². The van der Waals surface area contributed by atoms with E-state index in [1.807, 2.05) is 19.1 Å². The number of carbonyl (C=O) groups is 3. The minimum atomic E-state index is -1.04. The summed E-state index contributed by atoms with van der Waals surface area (Å²) in [6, 6.07) is 9.00. The van der Waals surface area contributed by atoms with Gasteiger partial charge in [0.1, 0.15) is 10.6 Å². The predicted molar refractivity (Wildman–Crippen MR) is 136 cm³/mol. The van der Waals surface area contributed by atoms with E-state index in [1.54, 1.807) is 34.0 Å². The molecule has 178 valence electrons. The van der Waals surface area contributed by atoms with Crippen LogP contribution in [0.25, 0.3) is 10.4 Å². The van der Waals surface area contributed by atoms with Gasteiger partial charge in [0, 0.05) is 28.4 Å². The number of amides is 2. The Morgan fingerprint density at radius 1 is 1.15 bits per heavy atom. The van der Waals surface area contributed by atoms with Gasteiger partial charge in [0.2, 0.25) is 5.91 Å². The Bertz CT molecular complexity index is 1160. The van der Waals surface area contributed by atoms with Gasteiger partial charge in [-0.25, -0.2) is 9.78 Å². The number of hydrogen-bond donors (Lipinski definition) is 2. The molecule has 3 aromatic rings. The normalized spacial score (nSPS) is 17.8. The fourth-order valence-electron chi connectivity index (χ4n) is 4.29. The second-order valence-electron chi connectivity index (χ2n) is 8.57. The largest absolute Gasteiger partial charge is 0.477 e. The third-order valence-electron chi connectivity index (χ3n) is 6.24. The molecular weight excluding hydrogens is 470 g/mol. The molecule has 0 aliphatic heterocycles. The molecule has 1 aliphatic carbocycles. The lowest BCUT2D eigenvalue weighted by Crippen LogP contribution is -2.38. The Morgan fingerprint density at radius 2 is 1.85 bits per heavy atom. The van der Waals surface area contributed by atoms with Gasteiger partial charge in [-0.1, -0.05) is 19.1 Å². The maximum Gasteiger partial charge on any atom is 0.348 e. The maximum atomic E-state index is 13.3. The number of anilines is 2. The first-order valence-electron chi connectivity index (χ1n) is 11.4. The van der Waals surface area contributed by atoms with Crippen molar-refractivity contribution in [3.8, 4) is 10.4 Å². The van der Waals surface area contributed by atoms with Crippen molar-refractivity contribution in [3.05, 3.63) is 51.8 Å². The van der Waals surface area contributed by atoms with Crippen molar-refractivity contribution in [1.82, 2.24) is 4.98 Å². The van der Waals surface area contributed by atoms with Gasteiger partial charge in [-0.15, -0.1) is 22.7 Å². The fourth-order valence-corrected chi connectivity index (χ4v) is 5.82. The first-order valence-corrected chi connectivity index (χ1v) is 13.1. The summed E-state index contributed by atoms with van der Waals surface area (Å²) in [7, 11) is 0. The van der Waals surface area contributed by atoms with Gasteiger partial charge in [0.25, 0.3) is 5.91 Å². The van der Waals surface area contributed by atoms with Crippen molar-refractivity contribution in [3.63, 3.8) is 0 Å². The molecule has 0 unspecified atom stereocenters. The van der Waals surface area contributed by atoms with Crippen molar-refractivity contribution in [2.45, 2.75) is 39.5 Å². The van der Waals surface area contributed by atoms with Crippen molar-refractivity contribution < 1.29 is 19.5 Å². The van der Waals surface area contributed by atoms with E-state index in [0.29, 0.717) is 29.5 Å². The number of carboxylic acids is 1. The number of aromatic carboxylic acids is 1. The van der Waals surface area contributed by atoms with Gasteiger partial charge < -0.3 is 15.3 Å². The zero-order valence-corrected chi connectivity index (χ0v) is 20.7. The van der Waals surface area contributed by atoms with Crippen molar-refractivity contribution in [2.75, 3.05) is 16.8 Å². The third kappa shape index (κ3) is 5.20. The Kier molecular flexibility index (Phi) is 7.43. The molecule has 0 bridgehead atoms. The number of benzene rings is 1. The van der Waals surface area contributed by atoms with Crippen LogP contribution in [-0.4, -0.2) is 34.4 Å². The summed E-state index contributed by atoms with van der Waals surface area (Å²) in [4.78, 5) is 44.1. The SMILES string of the molecule is CCN(c1cc(-c2ccc(NC(=O)c3cscn3)cc2)sc1C(=O)O)C(=O)[C@H]1CC[C@H](C)CC1. The lowest BCUT2D eigenvalue weighted by molar-refractivity contribution is -0.123. The monoisotopic (exact) mass is 497 g/mol. The molecule has 0 spiro atoms. The molecule has 1 fully saturated rings. The molecule has 4 rings (SSSR count). The molecule has 0 radical (unpaired) electrons. The molecule has 2 amide bonds. The molecule has 7 nitrogen and oxygen atoms in total. The summed E-state index contributed by atoms with van der Waals surface area (Å²) in [6.45, 7) is 4.51. The van der Waals surface area contributed by atoms with Crippen molar-refractivity contribution in [1.29, 1.82) is 0 Å². The molecule has 1 aliphatic rings. The smallest absolute Gasteiger partial charge is 0.348 e. The van der Waals surface area contributed by atoms with E-state index in [0.717, 1.165) is 47.5 Å². The molecule has 2 N–H and O–H groups in total. The van der Waals surface area contributed by atoms with E-state index in [1.165, 1.54) is 11.3 Å². The Hall–Kier alpha value is -3.04. The summed E-state index contributed by atoms with van der Waals surface area (Å²) in [5.41, 5.74) is 3.86. The van der Waals surface area contributed by atoms with Crippen molar-refractivity contribution >= 4 is 51.8 Å². The Labute approximate surface area is 206 Å². The Balaban J connectivity index is 1.56. The molecule has 2 heterocycles. The van der Waals surface area contributed by atoms with Crippen LogP contribution in [0.2, 0.25) is 0 Å². The van der Waals surface area contributed by atoms with Gasteiger partial charge in [-0.3, -0.25) is 9.59 Å². The number of carboxylic acid groups (broad SMARTS) is 1. The highest BCUT2D eigenvalue weighted by Crippen LogP contribution is 2.39. The van der Waals surface area contributed by atoms with E-state index in [4.69, 9.17) is 0 Å². The van der Waals surface area contributed by atoms with Crippen LogP contribution in [0.5, 0.6) is 0 Å². The standard InChI is InChI=1S/C25H27N3O4S2/c1-3-28(24(30)17-6-4-15(2)5-7-17)20-12-21(34-22(20)25(31)32)16-8-10-18(11-9-16)27-23(29)19-13-33-14-26-19/h8-15,17H,3-7H2,1-2H3,(H,27,29)(H,31,32)/t15-,17-. The zero-order valence-electron chi connectivity index (χ0n) is 19.1. The Morgan fingerprint density at radius 3 is 2.44 bits per heavy atom. The van der Waals surface area contributed by atoms with Crippen LogP contribution < -0.4 is 10.2 Å². The number of rotatable bonds is 7. The van der Waals surface area contributed by atoms with E-state index in [9.17, 15) is 19.5 Å². The molecule has 0 atom stereocenters. The quantitative estimate of drug-likeness (QED) is 0.417. The lowest BCUT2D eigenvalue weighted by atomic mass is 9.82. The average molecular weight is 498 g/mol. The highest BCUT2D eigenvalue weighted by atomic mass is 32.1. The molecule has 2 aromatic heterocycles. The topological polar surface area (TPSA) is 99.6 Å². The maximum absolute atomic E-state index is 13.3. The number of nitrogens with zero attached hydrogens (tertiary/aromatic N) is 2.